The number of carbonyl (C=O) groups is 1. The van der Waals surface area contributed by atoms with Crippen LogP contribution in [0.1, 0.15) is 16.8 Å². The largest absolute Gasteiger partial charge is 0.480 e. The van der Waals surface area contributed by atoms with Gasteiger partial charge < -0.3 is 5.11 Å². The Bertz CT molecular complexity index is 614. The van der Waals surface area contributed by atoms with Gasteiger partial charge in [-0.05, 0) is 42.3 Å². The van der Waals surface area contributed by atoms with Gasteiger partial charge in [0, 0.05) is 30.0 Å². The van der Waals surface area contributed by atoms with E-state index in [2.05, 4.69) is 4.98 Å². The summed E-state index contributed by atoms with van der Waals surface area (Å²) in [6.45, 7) is 3.04. The van der Waals surface area contributed by atoms with E-state index in [1.54, 1.807) is 6.20 Å². The van der Waals surface area contributed by atoms with Crippen LogP contribution in [0.2, 0.25) is 5.02 Å². The van der Waals surface area contributed by atoms with Crippen molar-refractivity contribution in [1.29, 1.82) is 0 Å². The van der Waals surface area contributed by atoms with Crippen molar-refractivity contribution in [2.45, 2.75) is 20.0 Å². The SMILES string of the molecule is Cc1cc(CN(CC(=O)O)Cc2ccc(Cl)cc2)ccn1. The third-order valence-electron chi connectivity index (χ3n) is 3.05. The van der Waals surface area contributed by atoms with E-state index in [1.165, 1.54) is 0 Å². The van der Waals surface area contributed by atoms with Crippen molar-refractivity contribution in [3.63, 3.8) is 0 Å². The van der Waals surface area contributed by atoms with E-state index in [1.807, 2.05) is 48.2 Å². The Balaban J connectivity index is 2.10. The van der Waals surface area contributed by atoms with Crippen LogP contribution in [0, 0.1) is 6.92 Å². The van der Waals surface area contributed by atoms with Crippen LogP contribution >= 0.6 is 11.6 Å². The maximum absolute atomic E-state index is 11.0. The van der Waals surface area contributed by atoms with Gasteiger partial charge >= 0.3 is 5.97 Å². The van der Waals surface area contributed by atoms with Crippen LogP contribution in [0.25, 0.3) is 0 Å². The molecular weight excluding hydrogens is 288 g/mol. The van der Waals surface area contributed by atoms with E-state index >= 15 is 0 Å². The van der Waals surface area contributed by atoms with Crippen LogP contribution in [-0.2, 0) is 17.9 Å². The van der Waals surface area contributed by atoms with Gasteiger partial charge in [0.05, 0.1) is 6.54 Å². The average Bonchev–Trinajstić information content (AvgIpc) is 2.40. The predicted molar refractivity (Wildman–Crippen MR) is 82.2 cm³/mol. The van der Waals surface area contributed by atoms with Gasteiger partial charge in [0.2, 0.25) is 0 Å². The lowest BCUT2D eigenvalue weighted by Gasteiger charge is -2.20. The molecule has 4 nitrogen and oxygen atoms in total. The summed E-state index contributed by atoms with van der Waals surface area (Å²) < 4.78 is 0. The number of carboxylic acid groups (broad SMARTS) is 1. The van der Waals surface area contributed by atoms with Gasteiger partial charge in [0.15, 0.2) is 0 Å². The number of aryl methyl sites for hydroxylation is 1. The summed E-state index contributed by atoms with van der Waals surface area (Å²) in [5.41, 5.74) is 3.01. The maximum Gasteiger partial charge on any atom is 0.317 e. The molecule has 5 heteroatoms. The van der Waals surface area contributed by atoms with Crippen molar-refractivity contribution in [2.75, 3.05) is 6.54 Å². The topological polar surface area (TPSA) is 53.4 Å². The fraction of sp³-hybridized carbons (Fsp3) is 0.250. The van der Waals surface area contributed by atoms with Crippen LogP contribution in [0.4, 0.5) is 0 Å². The second-order valence-corrected chi connectivity index (χ2v) is 5.41. The van der Waals surface area contributed by atoms with Crippen LogP contribution in [-0.4, -0.2) is 27.5 Å². The fourth-order valence-electron chi connectivity index (χ4n) is 2.17. The molecule has 0 aliphatic rings. The molecule has 0 saturated heterocycles. The van der Waals surface area contributed by atoms with Gasteiger partial charge in [-0.25, -0.2) is 0 Å². The van der Waals surface area contributed by atoms with Gasteiger partial charge in [0.1, 0.15) is 0 Å². The summed E-state index contributed by atoms with van der Waals surface area (Å²) in [5, 5.41) is 9.74. The molecule has 2 rings (SSSR count). The number of pyridine rings is 1. The molecule has 1 aromatic carbocycles. The molecule has 1 N–H and O–H groups in total. The lowest BCUT2D eigenvalue weighted by Crippen LogP contribution is -2.29. The molecule has 21 heavy (non-hydrogen) atoms. The fourth-order valence-corrected chi connectivity index (χ4v) is 2.29. The highest BCUT2D eigenvalue weighted by molar-refractivity contribution is 6.30. The number of halogens is 1. The molecule has 1 aromatic heterocycles. The highest BCUT2D eigenvalue weighted by Gasteiger charge is 2.11. The van der Waals surface area contributed by atoms with Crippen molar-refractivity contribution in [3.8, 4) is 0 Å². The lowest BCUT2D eigenvalue weighted by atomic mass is 10.1. The predicted octanol–water partition coefficient (Wildman–Crippen LogP) is 3.13. The zero-order chi connectivity index (χ0) is 15.2. The molecule has 0 bridgehead atoms. The molecule has 0 aliphatic carbocycles. The Morgan fingerprint density at radius 2 is 1.86 bits per heavy atom. The molecule has 2 aromatic rings. The van der Waals surface area contributed by atoms with E-state index in [-0.39, 0.29) is 6.54 Å². The van der Waals surface area contributed by atoms with Gasteiger partial charge in [-0.1, -0.05) is 23.7 Å². The third-order valence-corrected chi connectivity index (χ3v) is 3.30. The highest BCUT2D eigenvalue weighted by atomic mass is 35.5. The molecule has 0 radical (unpaired) electrons. The Kier molecular flexibility index (Phi) is 5.31. The van der Waals surface area contributed by atoms with Crippen molar-refractivity contribution in [2.24, 2.45) is 0 Å². The Labute approximate surface area is 129 Å². The van der Waals surface area contributed by atoms with E-state index in [9.17, 15) is 4.79 Å². The summed E-state index contributed by atoms with van der Waals surface area (Å²) in [4.78, 5) is 17.1. The van der Waals surface area contributed by atoms with Gasteiger partial charge in [0.25, 0.3) is 0 Å². The van der Waals surface area contributed by atoms with Gasteiger partial charge in [-0.3, -0.25) is 14.7 Å². The number of aromatic nitrogens is 1. The molecule has 0 spiro atoms. The number of hydrogen-bond donors (Lipinski definition) is 1. The van der Waals surface area contributed by atoms with E-state index in [0.29, 0.717) is 18.1 Å². The van der Waals surface area contributed by atoms with E-state index < -0.39 is 5.97 Å². The number of rotatable bonds is 6. The molecule has 0 aliphatic heterocycles. The monoisotopic (exact) mass is 304 g/mol. The van der Waals surface area contributed by atoms with Crippen molar-refractivity contribution in [1.82, 2.24) is 9.88 Å². The standard InChI is InChI=1S/C16H17ClN2O2/c1-12-8-14(6-7-18-12)10-19(11-16(20)21)9-13-2-4-15(17)5-3-13/h2-8H,9-11H2,1H3,(H,20,21). The quantitative estimate of drug-likeness (QED) is 0.891. The molecule has 110 valence electrons. The molecule has 1 heterocycles. The first-order valence-corrected chi connectivity index (χ1v) is 7.01. The summed E-state index contributed by atoms with van der Waals surface area (Å²) in [6, 6.07) is 11.3. The first kappa shape index (κ1) is 15.5. The summed E-state index contributed by atoms with van der Waals surface area (Å²) in [7, 11) is 0. The number of carboxylic acids is 1. The van der Waals surface area contributed by atoms with Crippen molar-refractivity contribution < 1.29 is 9.90 Å². The lowest BCUT2D eigenvalue weighted by molar-refractivity contribution is -0.138. The normalized spacial score (nSPS) is 10.8. The number of nitrogens with zero attached hydrogens (tertiary/aromatic N) is 2. The van der Waals surface area contributed by atoms with Gasteiger partial charge in [-0.2, -0.15) is 0 Å². The zero-order valence-corrected chi connectivity index (χ0v) is 12.5. The van der Waals surface area contributed by atoms with Crippen LogP contribution in [0.3, 0.4) is 0 Å². The number of benzene rings is 1. The van der Waals surface area contributed by atoms with E-state index in [4.69, 9.17) is 16.7 Å². The van der Waals surface area contributed by atoms with Crippen LogP contribution in [0.5, 0.6) is 0 Å². The van der Waals surface area contributed by atoms with Crippen molar-refractivity contribution in [3.05, 3.63) is 64.4 Å². The van der Waals surface area contributed by atoms with Crippen LogP contribution < -0.4 is 0 Å². The molecule has 0 fully saturated rings. The van der Waals surface area contributed by atoms with Crippen molar-refractivity contribution >= 4 is 17.6 Å². The molecular formula is C16H17ClN2O2. The second kappa shape index (κ2) is 7.20. The first-order valence-electron chi connectivity index (χ1n) is 6.63. The smallest absolute Gasteiger partial charge is 0.317 e. The Morgan fingerprint density at radius 1 is 1.19 bits per heavy atom. The minimum absolute atomic E-state index is 0.00992. The molecule has 0 atom stereocenters. The number of aliphatic carboxylic acids is 1. The highest BCUT2D eigenvalue weighted by Crippen LogP contribution is 2.13. The summed E-state index contributed by atoms with van der Waals surface area (Å²) >= 11 is 5.87. The third kappa shape index (κ3) is 5.17. The second-order valence-electron chi connectivity index (χ2n) is 4.97. The molecule has 0 unspecified atom stereocenters. The minimum atomic E-state index is -0.838. The zero-order valence-electron chi connectivity index (χ0n) is 11.8. The summed E-state index contributed by atoms with van der Waals surface area (Å²) in [5.74, 6) is -0.838. The molecule has 0 saturated carbocycles. The van der Waals surface area contributed by atoms with Crippen LogP contribution in [0.15, 0.2) is 42.6 Å². The average molecular weight is 305 g/mol. The minimum Gasteiger partial charge on any atom is -0.480 e. The first-order chi connectivity index (χ1) is 10.0. The molecule has 0 amide bonds. The summed E-state index contributed by atoms with van der Waals surface area (Å²) in [6.07, 6.45) is 1.74. The van der Waals surface area contributed by atoms with Gasteiger partial charge in [-0.15, -0.1) is 0 Å². The van der Waals surface area contributed by atoms with E-state index in [0.717, 1.165) is 16.8 Å². The number of hydrogen-bond acceptors (Lipinski definition) is 3. The Morgan fingerprint density at radius 3 is 2.48 bits per heavy atom. The maximum atomic E-state index is 11.0. The Hall–Kier alpha value is -1.91.